The molecule has 0 bridgehead atoms. The standard InChI is InChI=1S/C25H24F5NO/c1-2-3-4-5-16-6-8-17(9-7-16)18-10-11-21(24(28)12-18)25(29,30)32-19-13-22(26)20(15-31)23(27)14-19/h3-4,10-14,16-17H,2,5-9H2,1H3. The average molecular weight is 449 g/mol. The molecule has 7 heteroatoms. The summed E-state index contributed by atoms with van der Waals surface area (Å²) < 4.78 is 75.4. The van der Waals surface area contributed by atoms with Crippen LogP contribution in [0.1, 0.15) is 68.1 Å². The molecule has 0 saturated heterocycles. The second-order valence-electron chi connectivity index (χ2n) is 8.06. The molecule has 2 nitrogen and oxygen atoms in total. The molecule has 0 aromatic heterocycles. The highest BCUT2D eigenvalue weighted by atomic mass is 19.3. The van der Waals surface area contributed by atoms with Crippen LogP contribution in [0.15, 0.2) is 42.5 Å². The van der Waals surface area contributed by atoms with Gasteiger partial charge in [0.2, 0.25) is 0 Å². The predicted molar refractivity (Wildman–Crippen MR) is 111 cm³/mol. The summed E-state index contributed by atoms with van der Waals surface area (Å²) in [6.45, 7) is 2.08. The van der Waals surface area contributed by atoms with Crippen molar-refractivity contribution in [3.63, 3.8) is 0 Å². The number of benzene rings is 2. The molecule has 3 rings (SSSR count). The third kappa shape index (κ3) is 5.48. The maximum Gasteiger partial charge on any atom is 0.429 e. The quantitative estimate of drug-likeness (QED) is 0.320. The number of nitrogens with zero attached hydrogens (tertiary/aromatic N) is 1. The first-order valence-electron chi connectivity index (χ1n) is 10.7. The fourth-order valence-electron chi connectivity index (χ4n) is 4.13. The van der Waals surface area contributed by atoms with Gasteiger partial charge in [0.05, 0.1) is 5.56 Å². The lowest BCUT2D eigenvalue weighted by molar-refractivity contribution is -0.187. The van der Waals surface area contributed by atoms with Gasteiger partial charge in [0.25, 0.3) is 0 Å². The van der Waals surface area contributed by atoms with Crippen LogP contribution >= 0.6 is 0 Å². The average Bonchev–Trinajstić information content (AvgIpc) is 2.73. The fourth-order valence-corrected chi connectivity index (χ4v) is 4.13. The molecular weight excluding hydrogens is 425 g/mol. The van der Waals surface area contributed by atoms with Crippen LogP contribution in [0, 0.1) is 34.7 Å². The Labute approximate surface area is 184 Å². The Kier molecular flexibility index (Phi) is 7.55. The highest BCUT2D eigenvalue weighted by molar-refractivity contribution is 5.38. The topological polar surface area (TPSA) is 33.0 Å². The molecule has 0 atom stereocenters. The zero-order chi connectivity index (χ0) is 23.3. The Hall–Kier alpha value is -2.88. The molecule has 0 unspecified atom stereocenters. The highest BCUT2D eigenvalue weighted by Crippen LogP contribution is 2.40. The normalized spacial score (nSPS) is 19.2. The molecule has 0 spiro atoms. The van der Waals surface area contributed by atoms with E-state index in [0.29, 0.717) is 23.6 Å². The third-order valence-electron chi connectivity index (χ3n) is 5.87. The molecule has 1 fully saturated rings. The number of rotatable bonds is 7. The van der Waals surface area contributed by atoms with Crippen LogP contribution in [0.3, 0.4) is 0 Å². The Morgan fingerprint density at radius 2 is 1.66 bits per heavy atom. The largest absolute Gasteiger partial charge is 0.429 e. The Bertz CT molecular complexity index is 996. The van der Waals surface area contributed by atoms with Crippen LogP contribution in [0.5, 0.6) is 5.75 Å². The van der Waals surface area contributed by atoms with Gasteiger partial charge < -0.3 is 4.74 Å². The van der Waals surface area contributed by atoms with E-state index in [-0.39, 0.29) is 5.92 Å². The van der Waals surface area contributed by atoms with Crippen molar-refractivity contribution in [3.8, 4) is 11.8 Å². The molecule has 0 N–H and O–H groups in total. The molecule has 1 aliphatic rings. The van der Waals surface area contributed by atoms with Crippen molar-refractivity contribution in [2.75, 3.05) is 0 Å². The van der Waals surface area contributed by atoms with E-state index >= 15 is 0 Å². The van der Waals surface area contributed by atoms with Crippen molar-refractivity contribution < 1.29 is 26.7 Å². The zero-order valence-electron chi connectivity index (χ0n) is 17.7. The first kappa shape index (κ1) is 23.8. The molecule has 0 radical (unpaired) electrons. The number of halogens is 5. The van der Waals surface area contributed by atoms with Gasteiger partial charge in [0.1, 0.15) is 34.8 Å². The lowest BCUT2D eigenvalue weighted by Crippen LogP contribution is -2.24. The minimum atomic E-state index is -4.15. The van der Waals surface area contributed by atoms with Gasteiger partial charge in [-0.15, -0.1) is 0 Å². The minimum Gasteiger partial charge on any atom is -0.429 e. The van der Waals surface area contributed by atoms with E-state index in [4.69, 9.17) is 5.26 Å². The van der Waals surface area contributed by atoms with Gasteiger partial charge in [0, 0.05) is 12.1 Å². The summed E-state index contributed by atoms with van der Waals surface area (Å²) in [4.78, 5) is 0. The van der Waals surface area contributed by atoms with Gasteiger partial charge in [-0.25, -0.2) is 13.2 Å². The number of allylic oxidation sites excluding steroid dienone is 2. The molecule has 1 saturated carbocycles. The van der Waals surface area contributed by atoms with Crippen LogP contribution in [0.4, 0.5) is 22.0 Å². The van der Waals surface area contributed by atoms with Gasteiger partial charge >= 0.3 is 6.11 Å². The summed E-state index contributed by atoms with van der Waals surface area (Å²) >= 11 is 0. The summed E-state index contributed by atoms with van der Waals surface area (Å²) in [6, 6.07) is 5.73. The molecule has 0 aliphatic heterocycles. The summed E-state index contributed by atoms with van der Waals surface area (Å²) in [5, 5.41) is 8.66. The molecular formula is C25H24F5NO. The number of hydrogen-bond acceptors (Lipinski definition) is 2. The van der Waals surface area contributed by atoms with Crippen LogP contribution in [0.25, 0.3) is 0 Å². The molecule has 0 heterocycles. The van der Waals surface area contributed by atoms with Crippen molar-refractivity contribution in [1.82, 2.24) is 0 Å². The summed E-state index contributed by atoms with van der Waals surface area (Å²) in [6.07, 6.45) is 5.92. The first-order valence-corrected chi connectivity index (χ1v) is 10.7. The van der Waals surface area contributed by atoms with Crippen LogP contribution in [0.2, 0.25) is 0 Å². The number of alkyl halides is 2. The van der Waals surface area contributed by atoms with E-state index in [1.165, 1.54) is 12.1 Å². The Morgan fingerprint density at radius 3 is 2.22 bits per heavy atom. The number of ether oxygens (including phenoxy) is 1. The lowest BCUT2D eigenvalue weighted by atomic mass is 9.77. The second-order valence-corrected chi connectivity index (χ2v) is 8.06. The van der Waals surface area contributed by atoms with Crippen LogP contribution in [-0.4, -0.2) is 0 Å². The summed E-state index contributed by atoms with van der Waals surface area (Å²) in [5.41, 5.74) is -1.28. The van der Waals surface area contributed by atoms with Gasteiger partial charge in [-0.2, -0.15) is 14.0 Å². The second kappa shape index (κ2) is 10.2. The van der Waals surface area contributed by atoms with Crippen molar-refractivity contribution in [1.29, 1.82) is 5.26 Å². The molecule has 0 amide bonds. The van der Waals surface area contributed by atoms with E-state index in [1.54, 1.807) is 0 Å². The lowest BCUT2D eigenvalue weighted by Gasteiger charge is -2.28. The highest BCUT2D eigenvalue weighted by Gasteiger charge is 2.38. The zero-order valence-corrected chi connectivity index (χ0v) is 17.7. The molecule has 1 aliphatic carbocycles. The SMILES string of the molecule is CCC=CCC1CCC(c2ccc(C(F)(F)Oc3cc(F)c(C#N)c(F)c3)c(F)c2)CC1. The Balaban J connectivity index is 1.71. The molecule has 32 heavy (non-hydrogen) atoms. The molecule has 2 aromatic rings. The van der Waals surface area contributed by atoms with Crippen LogP contribution in [-0.2, 0) is 6.11 Å². The monoisotopic (exact) mass is 449 g/mol. The first-order chi connectivity index (χ1) is 15.2. The van der Waals surface area contributed by atoms with Gasteiger partial charge in [-0.05, 0) is 68.1 Å². The van der Waals surface area contributed by atoms with Crippen molar-refractivity contribution >= 4 is 0 Å². The number of nitriles is 1. The van der Waals surface area contributed by atoms with Crippen molar-refractivity contribution in [2.45, 2.75) is 57.5 Å². The van der Waals surface area contributed by atoms with E-state index in [1.807, 2.05) is 0 Å². The Morgan fingerprint density at radius 1 is 1.00 bits per heavy atom. The maximum atomic E-state index is 14.6. The minimum absolute atomic E-state index is 0.0983. The van der Waals surface area contributed by atoms with Crippen LogP contribution < -0.4 is 4.74 Å². The summed E-state index contributed by atoms with van der Waals surface area (Å²) in [5.74, 6) is -3.98. The van der Waals surface area contributed by atoms with E-state index in [0.717, 1.165) is 50.7 Å². The third-order valence-corrected chi connectivity index (χ3v) is 5.87. The van der Waals surface area contributed by atoms with E-state index in [9.17, 15) is 22.0 Å². The predicted octanol–water partition coefficient (Wildman–Crippen LogP) is 7.73. The van der Waals surface area contributed by atoms with Crippen molar-refractivity contribution in [3.05, 3.63) is 76.6 Å². The van der Waals surface area contributed by atoms with E-state index in [2.05, 4.69) is 23.8 Å². The van der Waals surface area contributed by atoms with Crippen molar-refractivity contribution in [2.24, 2.45) is 5.92 Å². The van der Waals surface area contributed by atoms with E-state index < -0.39 is 40.4 Å². The smallest absolute Gasteiger partial charge is 0.429 e. The van der Waals surface area contributed by atoms with Gasteiger partial charge in [-0.1, -0.05) is 25.1 Å². The molecule has 2 aromatic carbocycles. The van der Waals surface area contributed by atoms with Gasteiger partial charge in [-0.3, -0.25) is 0 Å². The summed E-state index contributed by atoms with van der Waals surface area (Å²) in [7, 11) is 0. The number of hydrogen-bond donors (Lipinski definition) is 0. The fraction of sp³-hybridized carbons (Fsp3) is 0.400. The maximum absolute atomic E-state index is 14.6. The molecule has 170 valence electrons. The van der Waals surface area contributed by atoms with Gasteiger partial charge in [0.15, 0.2) is 0 Å².